The van der Waals surface area contributed by atoms with Gasteiger partial charge in [0.15, 0.2) is 0 Å². The van der Waals surface area contributed by atoms with E-state index in [9.17, 15) is 9.90 Å². The molecule has 0 radical (unpaired) electrons. The van der Waals surface area contributed by atoms with Crippen molar-refractivity contribution in [2.24, 2.45) is 5.41 Å². The monoisotopic (exact) mass is 433 g/mol. The number of hydrogen-bond acceptors (Lipinski definition) is 5. The average molecular weight is 434 g/mol. The molecule has 6 nitrogen and oxygen atoms in total. The number of nitrogens with zero attached hydrogens (tertiary/aromatic N) is 2. The van der Waals surface area contributed by atoms with Gasteiger partial charge < -0.3 is 15.2 Å². The zero-order chi connectivity index (χ0) is 22.4. The molecular formula is C26H31N3O3. The number of pyridine rings is 1. The number of hydrogen-bond donors (Lipinski definition) is 2. The van der Waals surface area contributed by atoms with Crippen LogP contribution in [0, 0.1) is 5.41 Å². The van der Waals surface area contributed by atoms with Gasteiger partial charge in [-0.05, 0) is 74.2 Å². The van der Waals surface area contributed by atoms with Crippen molar-refractivity contribution in [3.63, 3.8) is 0 Å². The number of piperidine rings is 1. The van der Waals surface area contributed by atoms with E-state index in [1.165, 1.54) is 6.92 Å². The summed E-state index contributed by atoms with van der Waals surface area (Å²) in [4.78, 5) is 18.5. The van der Waals surface area contributed by atoms with E-state index in [0.717, 1.165) is 66.9 Å². The van der Waals surface area contributed by atoms with Crippen LogP contribution in [0.1, 0.15) is 31.9 Å². The highest BCUT2D eigenvalue weighted by Gasteiger charge is 2.34. The molecule has 168 valence electrons. The van der Waals surface area contributed by atoms with Crippen molar-refractivity contribution in [2.75, 3.05) is 31.6 Å². The number of likely N-dealkylation sites (tertiary alicyclic amines) is 1. The molecule has 0 aliphatic carbocycles. The molecule has 1 saturated heterocycles. The Kier molecular flexibility index (Phi) is 7.02. The van der Waals surface area contributed by atoms with Gasteiger partial charge in [-0.15, -0.1) is 0 Å². The van der Waals surface area contributed by atoms with E-state index < -0.39 is 0 Å². The number of aliphatic hydroxyl groups is 1. The highest BCUT2D eigenvalue weighted by Crippen LogP contribution is 2.35. The van der Waals surface area contributed by atoms with Gasteiger partial charge in [0.25, 0.3) is 0 Å². The number of fused-ring (bicyclic) bond motifs is 1. The van der Waals surface area contributed by atoms with E-state index in [0.29, 0.717) is 6.61 Å². The average Bonchev–Trinajstić information content (AvgIpc) is 2.81. The summed E-state index contributed by atoms with van der Waals surface area (Å²) in [5, 5.41) is 13.9. The molecule has 0 saturated carbocycles. The first-order valence-corrected chi connectivity index (χ1v) is 11.2. The normalized spacial score (nSPS) is 16.1. The molecule has 0 atom stereocenters. The fraction of sp³-hybridized carbons (Fsp3) is 0.385. The number of para-hydroxylation sites is 1. The van der Waals surface area contributed by atoms with Gasteiger partial charge in [-0.2, -0.15) is 0 Å². The maximum Gasteiger partial charge on any atom is 0.221 e. The Morgan fingerprint density at radius 1 is 1.12 bits per heavy atom. The Labute approximate surface area is 189 Å². The fourth-order valence-electron chi connectivity index (χ4n) is 4.34. The number of nitrogens with one attached hydrogen (secondary N) is 1. The summed E-state index contributed by atoms with van der Waals surface area (Å²) in [7, 11) is 0. The molecular weight excluding hydrogens is 402 g/mol. The molecule has 3 aromatic rings. The van der Waals surface area contributed by atoms with Gasteiger partial charge >= 0.3 is 0 Å². The Morgan fingerprint density at radius 3 is 2.62 bits per heavy atom. The fourth-order valence-corrected chi connectivity index (χ4v) is 4.34. The summed E-state index contributed by atoms with van der Waals surface area (Å²) in [5.41, 5.74) is 2.68. The predicted octanol–water partition coefficient (Wildman–Crippen LogP) is 4.24. The zero-order valence-electron chi connectivity index (χ0n) is 18.6. The quantitative estimate of drug-likeness (QED) is 0.556. The number of aliphatic hydroxyl groups excluding tert-OH is 1. The highest BCUT2D eigenvalue weighted by atomic mass is 16.5. The first-order chi connectivity index (χ1) is 15.5. The summed E-state index contributed by atoms with van der Waals surface area (Å²) in [5.74, 6) is 0.800. The number of amides is 1. The van der Waals surface area contributed by atoms with Crippen LogP contribution in [0.3, 0.4) is 0 Å². The third-order valence-corrected chi connectivity index (χ3v) is 6.35. The summed E-state index contributed by atoms with van der Waals surface area (Å²) >= 11 is 0. The predicted molar refractivity (Wildman–Crippen MR) is 127 cm³/mol. The maximum atomic E-state index is 11.3. The van der Waals surface area contributed by atoms with Crippen LogP contribution in [0.5, 0.6) is 5.75 Å². The van der Waals surface area contributed by atoms with Crippen LogP contribution in [0.25, 0.3) is 10.9 Å². The maximum absolute atomic E-state index is 11.3. The van der Waals surface area contributed by atoms with E-state index in [-0.39, 0.29) is 17.9 Å². The van der Waals surface area contributed by atoms with Crippen LogP contribution in [0.15, 0.2) is 60.7 Å². The van der Waals surface area contributed by atoms with Gasteiger partial charge in [0.1, 0.15) is 5.75 Å². The van der Waals surface area contributed by atoms with Crippen molar-refractivity contribution in [3.05, 3.63) is 66.4 Å². The Hall–Kier alpha value is -2.96. The van der Waals surface area contributed by atoms with Crippen molar-refractivity contribution < 1.29 is 14.6 Å². The first kappa shape index (κ1) is 22.2. The SMILES string of the molecule is CC(=O)Nc1ccc2nc(CN3CCC(CO)(CCOc4ccccc4)CC3)ccc2c1. The minimum absolute atomic E-state index is 0.0673. The van der Waals surface area contributed by atoms with Crippen molar-refractivity contribution >= 4 is 22.5 Å². The first-order valence-electron chi connectivity index (χ1n) is 11.2. The van der Waals surface area contributed by atoms with Crippen LogP contribution in [-0.4, -0.2) is 47.2 Å². The number of benzene rings is 2. The van der Waals surface area contributed by atoms with Gasteiger partial charge in [0.05, 0.1) is 17.8 Å². The molecule has 0 spiro atoms. The molecule has 1 aromatic heterocycles. The molecule has 4 rings (SSSR count). The molecule has 1 aliphatic rings. The molecule has 0 bridgehead atoms. The second-order valence-electron chi connectivity index (χ2n) is 8.74. The molecule has 1 aliphatic heterocycles. The van der Waals surface area contributed by atoms with Crippen LogP contribution >= 0.6 is 0 Å². The van der Waals surface area contributed by atoms with E-state index in [2.05, 4.69) is 22.3 Å². The van der Waals surface area contributed by atoms with E-state index in [1.54, 1.807) is 0 Å². The molecule has 2 N–H and O–H groups in total. The smallest absolute Gasteiger partial charge is 0.221 e. The third kappa shape index (κ3) is 5.64. The standard InChI is InChI=1S/C26H31N3O3/c1-20(31)27-22-9-10-25-21(17-22)7-8-23(28-25)18-29-14-11-26(19-30,12-15-29)13-16-32-24-5-3-2-4-6-24/h2-10,17,30H,11-16,18-19H2,1H3,(H,27,31). The zero-order valence-corrected chi connectivity index (χ0v) is 18.6. The lowest BCUT2D eigenvalue weighted by atomic mass is 9.76. The summed E-state index contributed by atoms with van der Waals surface area (Å²) in [6.45, 7) is 5.00. The minimum Gasteiger partial charge on any atom is -0.494 e. The Balaban J connectivity index is 1.31. The molecule has 1 amide bonds. The lowest BCUT2D eigenvalue weighted by molar-refractivity contribution is -0.114. The number of carbonyl (C=O) groups excluding carboxylic acids is 1. The number of aromatic nitrogens is 1. The van der Waals surface area contributed by atoms with Crippen LogP contribution in [0.4, 0.5) is 5.69 Å². The molecule has 2 aromatic carbocycles. The number of rotatable bonds is 8. The summed E-state index contributed by atoms with van der Waals surface area (Å²) in [6.07, 6.45) is 2.77. The van der Waals surface area contributed by atoms with Crippen LogP contribution in [0.2, 0.25) is 0 Å². The molecule has 0 unspecified atom stereocenters. The van der Waals surface area contributed by atoms with Gasteiger partial charge in [0.2, 0.25) is 5.91 Å². The second kappa shape index (κ2) is 10.1. The van der Waals surface area contributed by atoms with Crippen molar-refractivity contribution in [1.29, 1.82) is 0 Å². The van der Waals surface area contributed by atoms with Crippen molar-refractivity contribution in [2.45, 2.75) is 32.7 Å². The number of carbonyl (C=O) groups is 1. The highest BCUT2D eigenvalue weighted by molar-refractivity contribution is 5.92. The molecule has 6 heteroatoms. The largest absolute Gasteiger partial charge is 0.494 e. The molecule has 2 heterocycles. The van der Waals surface area contributed by atoms with Crippen LogP contribution < -0.4 is 10.1 Å². The van der Waals surface area contributed by atoms with E-state index >= 15 is 0 Å². The van der Waals surface area contributed by atoms with Crippen LogP contribution in [-0.2, 0) is 11.3 Å². The van der Waals surface area contributed by atoms with Gasteiger partial charge in [-0.1, -0.05) is 24.3 Å². The lowest BCUT2D eigenvalue weighted by Crippen LogP contribution is -2.42. The van der Waals surface area contributed by atoms with E-state index in [1.807, 2.05) is 48.5 Å². The lowest BCUT2D eigenvalue weighted by Gasteiger charge is -2.40. The van der Waals surface area contributed by atoms with Crippen molar-refractivity contribution in [3.8, 4) is 5.75 Å². The summed E-state index contributed by atoms with van der Waals surface area (Å²) < 4.78 is 5.87. The minimum atomic E-state index is -0.0791. The van der Waals surface area contributed by atoms with Gasteiger partial charge in [-0.25, -0.2) is 0 Å². The van der Waals surface area contributed by atoms with Gasteiger partial charge in [-0.3, -0.25) is 14.7 Å². The molecule has 1 fully saturated rings. The molecule has 32 heavy (non-hydrogen) atoms. The number of anilines is 1. The second-order valence-corrected chi connectivity index (χ2v) is 8.74. The third-order valence-electron chi connectivity index (χ3n) is 6.35. The topological polar surface area (TPSA) is 74.7 Å². The van der Waals surface area contributed by atoms with Crippen molar-refractivity contribution in [1.82, 2.24) is 9.88 Å². The number of ether oxygens (including phenoxy) is 1. The summed E-state index contributed by atoms with van der Waals surface area (Å²) in [6, 6.07) is 19.7. The Bertz CT molecular complexity index is 1050. The van der Waals surface area contributed by atoms with E-state index in [4.69, 9.17) is 9.72 Å². The van der Waals surface area contributed by atoms with Gasteiger partial charge in [0, 0.05) is 31.1 Å². The Morgan fingerprint density at radius 2 is 1.91 bits per heavy atom.